The number of rotatable bonds is 9. The number of nitrogens with zero attached hydrogens (tertiary/aromatic N) is 5. The molecule has 21 nitrogen and oxygen atoms in total. The van der Waals surface area contributed by atoms with Gasteiger partial charge in [0.15, 0.2) is 17.4 Å². The van der Waals surface area contributed by atoms with Gasteiger partial charge in [-0.1, -0.05) is 0 Å². The molecule has 44 heavy (non-hydrogen) atoms. The lowest BCUT2D eigenvalue weighted by Crippen LogP contribution is -2.36. The van der Waals surface area contributed by atoms with E-state index in [9.17, 15) is 38.7 Å². The number of hydrogen-bond acceptors (Lipinski definition) is 19. The Morgan fingerprint density at radius 2 is 1.70 bits per heavy atom. The van der Waals surface area contributed by atoms with E-state index < -0.39 is 70.8 Å². The minimum absolute atomic E-state index is 0.0799. The molecule has 7 atom stereocenters. The summed E-state index contributed by atoms with van der Waals surface area (Å²) < 4.78 is 50.3. The van der Waals surface area contributed by atoms with Gasteiger partial charge in [0.05, 0.1) is 13.2 Å². The minimum atomic E-state index is -5.39. The number of phosphoric ester groups is 2. The van der Waals surface area contributed by atoms with Gasteiger partial charge in [0.2, 0.25) is 11.8 Å². The van der Waals surface area contributed by atoms with Crippen molar-refractivity contribution in [2.75, 3.05) is 24.7 Å². The molecule has 5 heterocycles. The summed E-state index contributed by atoms with van der Waals surface area (Å²) in [5, 5.41) is 20.5. The summed E-state index contributed by atoms with van der Waals surface area (Å²) >= 11 is 10.5. The zero-order valence-corrected chi connectivity index (χ0v) is 24.9. The highest BCUT2D eigenvalue weighted by Crippen LogP contribution is 2.60. The Bertz CT molecular complexity index is 1880. The highest BCUT2D eigenvalue weighted by molar-refractivity contribution is 7.73. The van der Waals surface area contributed by atoms with E-state index >= 15 is 0 Å². The van der Waals surface area contributed by atoms with Gasteiger partial charge >= 0.3 is 21.3 Å². The highest BCUT2D eigenvalue weighted by atomic mass is 32.1. The van der Waals surface area contributed by atoms with Gasteiger partial charge in [-0.15, -0.1) is 0 Å². The summed E-state index contributed by atoms with van der Waals surface area (Å²) in [4.78, 5) is 61.7. The summed E-state index contributed by atoms with van der Waals surface area (Å²) in [6.07, 6.45) is -6.62. The molecule has 3 aromatic heterocycles. The number of ether oxygens (including phenoxy) is 2. The van der Waals surface area contributed by atoms with E-state index in [1.165, 1.54) is 6.07 Å². The third kappa shape index (κ3) is 6.59. The van der Waals surface area contributed by atoms with Gasteiger partial charge in [0, 0.05) is 6.20 Å². The molecular weight excluding hydrogens is 674 g/mol. The molecule has 2 unspecified atom stereocenters. The van der Waals surface area contributed by atoms with E-state index in [1.54, 1.807) is 0 Å². The molecule has 0 radical (unpaired) electrons. The molecule has 1 fully saturated rings. The molecule has 0 spiro atoms. The molecule has 238 valence electrons. The first-order chi connectivity index (χ1) is 20.5. The van der Waals surface area contributed by atoms with Crippen LogP contribution in [0.2, 0.25) is 0 Å². The normalized spacial score (nSPS) is 26.1. The molecule has 2 aliphatic rings. The molecule has 0 aromatic carbocycles. The quantitative estimate of drug-likeness (QED) is 0.0901. The number of hydrogen-bond donors (Lipinski definition) is 7. The number of nitrogens with two attached hydrogens (primary N) is 2. The van der Waals surface area contributed by atoms with Crippen LogP contribution in [0.5, 0.6) is 5.88 Å². The maximum absolute atomic E-state index is 12.5. The number of fused-ring (bicyclic) bond motifs is 2. The summed E-state index contributed by atoms with van der Waals surface area (Å²) in [6, 6.07) is 1.23. The van der Waals surface area contributed by atoms with Crippen LogP contribution in [-0.2, 0) is 52.5 Å². The fraction of sp³-hybridized carbons (Fsp3) is 0.368. The third-order valence-corrected chi connectivity index (χ3v) is 9.59. The predicted octanol–water partition coefficient (Wildman–Crippen LogP) is -2.47. The van der Waals surface area contributed by atoms with Gasteiger partial charge in [-0.05, 0) is 6.07 Å². The van der Waals surface area contributed by atoms with E-state index in [4.69, 9.17) is 50.7 Å². The number of aliphatic hydroxyl groups excluding tert-OH is 2. The average molecular weight is 694 g/mol. The Labute approximate surface area is 254 Å². The van der Waals surface area contributed by atoms with Crippen molar-refractivity contribution in [1.82, 2.24) is 29.5 Å². The van der Waals surface area contributed by atoms with Crippen LogP contribution < -0.4 is 27.5 Å². The largest absolute Gasteiger partial charge is 0.782 e. The number of phosphoric acid groups is 2. The summed E-state index contributed by atoms with van der Waals surface area (Å²) in [7, 11) is -10.8. The van der Waals surface area contributed by atoms with Crippen molar-refractivity contribution in [3.63, 3.8) is 0 Å². The third-order valence-electron chi connectivity index (χ3n) is 5.97. The fourth-order valence-corrected chi connectivity index (χ4v) is 6.53. The van der Waals surface area contributed by atoms with E-state index in [1.807, 2.05) is 0 Å². The zero-order chi connectivity index (χ0) is 32.1. The smallest absolute Gasteiger partial charge is 0.481 e. The van der Waals surface area contributed by atoms with Crippen molar-refractivity contribution >= 4 is 68.7 Å². The van der Waals surface area contributed by atoms with Crippen LogP contribution >= 0.6 is 15.6 Å². The van der Waals surface area contributed by atoms with E-state index in [-0.39, 0.29) is 44.3 Å². The van der Waals surface area contributed by atoms with Crippen LogP contribution in [-0.4, -0.2) is 87.1 Å². The van der Waals surface area contributed by atoms with Gasteiger partial charge in [-0.2, -0.15) is 29.1 Å². The molecule has 1 saturated heterocycles. The number of anilines is 2. The maximum atomic E-state index is 12.5. The topological polar surface area (TPSA) is 320 Å². The standard InChI is InChI=1S/C19H22N8O13P2S2/c20-7-1-2-27(19(31)22-7)17-11(29)10(28)5(39-17)3-36-41(32,33)40-42(34,35)37-4-6-12(43)13(44)8-16(38-6)24-14-9(23-8)15(30)26-18(21)25-14/h1-2,5-6,10-11,17,28-29,43-44H,3-4H2,(H,32,33)(H,34,35)(H2,20,22,31)(H3,21,24,25,26,30)/p-2/t5-,6-,10-,11-,17-/m1/s1. The van der Waals surface area contributed by atoms with Gasteiger partial charge in [0.25, 0.3) is 5.56 Å². The second kappa shape index (κ2) is 12.0. The SMILES string of the molecule is Nc1ccn([C@@H]2O[C@H](COP(=O)(O)OP(=O)(O)OC[C@H]3Oc4nc5nc(N)[nH]c(=O)c5nc4C([S-])=C3[S-])[C@@H](O)[C@H]2O)c(=O)n1. The Balaban J connectivity index is 1.21. The Morgan fingerprint density at radius 1 is 1.02 bits per heavy atom. The lowest BCUT2D eigenvalue weighted by molar-refractivity contribution is -0.0542. The molecular formula is C19H20N8O13P2S2-2. The van der Waals surface area contributed by atoms with Crippen LogP contribution in [0.15, 0.2) is 26.8 Å². The molecule has 0 bridgehead atoms. The van der Waals surface area contributed by atoms with Crippen molar-refractivity contribution in [1.29, 1.82) is 0 Å². The van der Waals surface area contributed by atoms with Crippen LogP contribution in [0.3, 0.4) is 0 Å². The average Bonchev–Trinajstić information content (AvgIpc) is 3.20. The van der Waals surface area contributed by atoms with Crippen molar-refractivity contribution in [2.45, 2.75) is 30.6 Å². The van der Waals surface area contributed by atoms with E-state index in [0.717, 1.165) is 10.8 Å². The number of nitrogens with one attached hydrogen (secondary N) is 1. The van der Waals surface area contributed by atoms with Crippen molar-refractivity contribution in [3.05, 3.63) is 43.7 Å². The van der Waals surface area contributed by atoms with Crippen LogP contribution in [0.4, 0.5) is 11.8 Å². The lowest BCUT2D eigenvalue weighted by Gasteiger charge is -2.37. The maximum Gasteiger partial charge on any atom is 0.481 e. The van der Waals surface area contributed by atoms with Gasteiger partial charge in [0.1, 0.15) is 35.9 Å². The summed E-state index contributed by atoms with van der Waals surface area (Å²) in [6.45, 7) is -1.80. The first-order valence-corrected chi connectivity index (χ1v) is 15.7. The molecule has 3 aromatic rings. The molecule has 2 aliphatic heterocycles. The number of aromatic nitrogens is 6. The number of aromatic amines is 1. The Hall–Kier alpha value is -3.18. The van der Waals surface area contributed by atoms with Crippen molar-refractivity contribution in [2.24, 2.45) is 0 Å². The van der Waals surface area contributed by atoms with E-state index in [2.05, 4.69) is 33.8 Å². The van der Waals surface area contributed by atoms with Crippen LogP contribution in [0, 0.1) is 0 Å². The minimum Gasteiger partial charge on any atom is -0.782 e. The monoisotopic (exact) mass is 694 g/mol. The summed E-state index contributed by atoms with van der Waals surface area (Å²) in [5.74, 6) is -0.612. The second-order valence-electron chi connectivity index (χ2n) is 9.00. The van der Waals surface area contributed by atoms with Gasteiger partial charge < -0.3 is 66.2 Å². The van der Waals surface area contributed by atoms with Crippen molar-refractivity contribution in [3.8, 4) is 5.88 Å². The number of nitrogen functional groups attached to an aromatic ring is 2. The molecule has 0 aliphatic carbocycles. The molecule has 25 heteroatoms. The predicted molar refractivity (Wildman–Crippen MR) is 150 cm³/mol. The molecule has 9 N–H and O–H groups in total. The van der Waals surface area contributed by atoms with Gasteiger partial charge in [-0.3, -0.25) is 23.4 Å². The summed E-state index contributed by atoms with van der Waals surface area (Å²) in [5.41, 5.74) is 8.85. The van der Waals surface area contributed by atoms with Crippen LogP contribution in [0.25, 0.3) is 16.1 Å². The first kappa shape index (κ1) is 32.2. The molecule has 5 rings (SSSR count). The van der Waals surface area contributed by atoms with Gasteiger partial charge in [-0.25, -0.2) is 18.9 Å². The second-order valence-corrected chi connectivity index (χ2v) is 12.9. The Kier molecular flexibility index (Phi) is 8.76. The van der Waals surface area contributed by atoms with Crippen molar-refractivity contribution < 1.29 is 52.0 Å². The van der Waals surface area contributed by atoms with Crippen LogP contribution in [0.1, 0.15) is 11.9 Å². The zero-order valence-electron chi connectivity index (χ0n) is 21.5. The first-order valence-electron chi connectivity index (χ1n) is 11.9. The highest BCUT2D eigenvalue weighted by Gasteiger charge is 2.46. The lowest BCUT2D eigenvalue weighted by atomic mass is 10.1. The fourth-order valence-electron chi connectivity index (χ4n) is 3.97. The number of H-pyrrole nitrogens is 1. The number of aliphatic hydroxyl groups is 2. The molecule has 0 saturated carbocycles. The Morgan fingerprint density at radius 3 is 2.39 bits per heavy atom. The van der Waals surface area contributed by atoms with E-state index in [0.29, 0.717) is 0 Å². The molecule has 0 amide bonds.